The normalized spacial score (nSPS) is 15.3. The van der Waals surface area contributed by atoms with Crippen LogP contribution in [0.5, 0.6) is 0 Å². The first-order valence-electron chi connectivity index (χ1n) is 20.1. The molecule has 0 amide bonds. The number of para-hydroxylation sites is 4. The third-order valence-corrected chi connectivity index (χ3v) is 12.2. The zero-order valence-corrected chi connectivity index (χ0v) is 31.7. The van der Waals surface area contributed by atoms with E-state index in [1.807, 2.05) is 0 Å². The van der Waals surface area contributed by atoms with Crippen molar-refractivity contribution in [2.45, 2.75) is 12.3 Å². The molecule has 0 saturated heterocycles. The van der Waals surface area contributed by atoms with Gasteiger partial charge in [-0.1, -0.05) is 146 Å². The predicted octanol–water partition coefficient (Wildman–Crippen LogP) is 13.6. The van der Waals surface area contributed by atoms with E-state index in [1.165, 1.54) is 93.5 Å². The van der Waals surface area contributed by atoms with Gasteiger partial charge in [-0.25, -0.2) is 0 Å². The summed E-state index contributed by atoms with van der Waals surface area (Å²) >= 11 is 0. The van der Waals surface area contributed by atoms with Gasteiger partial charge in [0.05, 0.1) is 28.1 Å². The van der Waals surface area contributed by atoms with E-state index in [0.717, 1.165) is 5.69 Å². The lowest BCUT2D eigenvalue weighted by molar-refractivity contribution is 0.417. The minimum atomic E-state index is -0.186. The van der Waals surface area contributed by atoms with Crippen molar-refractivity contribution < 1.29 is 0 Å². The molecular formula is C54H38N4. The molecule has 1 aliphatic heterocycles. The smallest absolute Gasteiger partial charge is 0.160 e. The molecule has 4 nitrogen and oxygen atoms in total. The molecule has 1 aliphatic rings. The van der Waals surface area contributed by atoms with Crippen molar-refractivity contribution in [2.75, 3.05) is 5.32 Å². The molecule has 0 fully saturated rings. The van der Waals surface area contributed by atoms with Crippen LogP contribution in [0.3, 0.4) is 0 Å². The van der Waals surface area contributed by atoms with Crippen molar-refractivity contribution in [3.8, 4) is 27.9 Å². The van der Waals surface area contributed by atoms with Gasteiger partial charge in [-0.15, -0.1) is 0 Å². The molecule has 0 saturated carbocycles. The van der Waals surface area contributed by atoms with Gasteiger partial charge >= 0.3 is 0 Å². The van der Waals surface area contributed by atoms with Crippen LogP contribution in [0.4, 0.5) is 5.69 Å². The van der Waals surface area contributed by atoms with Crippen molar-refractivity contribution >= 4 is 60.1 Å². The molecule has 0 spiro atoms. The van der Waals surface area contributed by atoms with Crippen molar-refractivity contribution in [3.05, 3.63) is 217 Å². The van der Waals surface area contributed by atoms with Gasteiger partial charge in [0.2, 0.25) is 0 Å². The summed E-state index contributed by atoms with van der Waals surface area (Å²) in [5, 5.41) is 15.4. The first-order chi connectivity index (χ1) is 28.7. The van der Waals surface area contributed by atoms with Crippen LogP contribution in [0.1, 0.15) is 23.5 Å². The molecule has 0 radical (unpaired) electrons. The zero-order chi connectivity index (χ0) is 38.2. The third-order valence-electron chi connectivity index (χ3n) is 12.2. The summed E-state index contributed by atoms with van der Waals surface area (Å²) in [4.78, 5) is 0. The first-order valence-corrected chi connectivity index (χ1v) is 20.1. The Balaban J connectivity index is 0.940. The Morgan fingerprint density at radius 3 is 1.74 bits per heavy atom. The summed E-state index contributed by atoms with van der Waals surface area (Å²) in [6.45, 7) is 0. The Kier molecular flexibility index (Phi) is 7.40. The lowest BCUT2D eigenvalue weighted by atomic mass is 9.93. The average Bonchev–Trinajstić information content (AvgIpc) is 3.81. The topological polar surface area (TPSA) is 33.9 Å². The summed E-state index contributed by atoms with van der Waals surface area (Å²) in [5.41, 5.74) is 14.4. The van der Waals surface area contributed by atoms with Gasteiger partial charge in [0, 0.05) is 32.9 Å². The van der Waals surface area contributed by atoms with Crippen LogP contribution >= 0.6 is 0 Å². The molecule has 58 heavy (non-hydrogen) atoms. The van der Waals surface area contributed by atoms with Gasteiger partial charge in [0.25, 0.3) is 0 Å². The molecule has 2 aromatic heterocycles. The maximum Gasteiger partial charge on any atom is 0.160 e. The van der Waals surface area contributed by atoms with Crippen LogP contribution in [0.2, 0.25) is 0 Å². The zero-order valence-electron chi connectivity index (χ0n) is 31.7. The van der Waals surface area contributed by atoms with Crippen LogP contribution in [-0.2, 0) is 0 Å². The summed E-state index contributed by atoms with van der Waals surface area (Å²) in [5.74, 6) is 0. The number of fused-ring (bicyclic) bond motifs is 8. The van der Waals surface area contributed by atoms with E-state index in [9.17, 15) is 0 Å². The van der Waals surface area contributed by atoms with E-state index >= 15 is 0 Å². The summed E-state index contributed by atoms with van der Waals surface area (Å²) in [6, 6.07) is 75.2. The summed E-state index contributed by atoms with van der Waals surface area (Å²) in [7, 11) is 0. The van der Waals surface area contributed by atoms with E-state index in [-0.39, 0.29) is 12.3 Å². The van der Waals surface area contributed by atoms with Gasteiger partial charge in [0.15, 0.2) is 6.29 Å². The van der Waals surface area contributed by atoms with Gasteiger partial charge in [0.1, 0.15) is 0 Å². The minimum Gasteiger partial charge on any atom is -0.352 e. The molecule has 3 heterocycles. The highest BCUT2D eigenvalue weighted by atomic mass is 15.3. The Morgan fingerprint density at radius 2 is 0.931 bits per heavy atom. The average molecular weight is 743 g/mol. The van der Waals surface area contributed by atoms with Crippen molar-refractivity contribution in [3.63, 3.8) is 0 Å². The number of benzene rings is 9. The molecule has 11 aromatic rings. The fourth-order valence-corrected chi connectivity index (χ4v) is 9.44. The number of rotatable bonds is 5. The molecule has 9 aromatic carbocycles. The molecule has 274 valence electrons. The van der Waals surface area contributed by atoms with E-state index in [4.69, 9.17) is 0 Å². The van der Waals surface area contributed by atoms with Gasteiger partial charge in [-0.2, -0.15) is 0 Å². The Bertz CT molecular complexity index is 3350. The van der Waals surface area contributed by atoms with Crippen molar-refractivity contribution in [1.29, 1.82) is 0 Å². The largest absolute Gasteiger partial charge is 0.352 e. The fourth-order valence-electron chi connectivity index (χ4n) is 9.44. The van der Waals surface area contributed by atoms with Crippen LogP contribution in [-0.4, -0.2) is 9.13 Å². The monoisotopic (exact) mass is 742 g/mol. The standard InChI is InChI=1S/C54H38N4/c1-2-14-42(15-3-1)57-49-20-10-7-16-43(49)46-33-40(28-30-51(46)57)41-29-31-52-47(34-41)44-17-8-11-21-50(44)58(52)54-55-48-19-9-6-18-45(48)53(56-54)37-25-22-36(23-26-37)39-27-24-35-12-4-5-13-38(35)32-39/h1-34,53-56H. The van der Waals surface area contributed by atoms with E-state index in [2.05, 4.69) is 226 Å². The van der Waals surface area contributed by atoms with Crippen LogP contribution in [0.15, 0.2) is 206 Å². The van der Waals surface area contributed by atoms with Gasteiger partial charge < -0.3 is 14.5 Å². The highest BCUT2D eigenvalue weighted by Crippen LogP contribution is 2.41. The Labute approximate surface area is 336 Å². The fraction of sp³-hybridized carbons (Fsp3) is 0.0370. The first kappa shape index (κ1) is 32.8. The van der Waals surface area contributed by atoms with E-state index in [1.54, 1.807) is 0 Å². The molecular weight excluding hydrogens is 705 g/mol. The second-order valence-electron chi connectivity index (χ2n) is 15.5. The Morgan fingerprint density at radius 1 is 0.379 bits per heavy atom. The minimum absolute atomic E-state index is 0.00617. The summed E-state index contributed by atoms with van der Waals surface area (Å²) < 4.78 is 4.82. The highest BCUT2D eigenvalue weighted by Gasteiger charge is 2.30. The van der Waals surface area contributed by atoms with E-state index < -0.39 is 0 Å². The number of hydrogen-bond acceptors (Lipinski definition) is 2. The van der Waals surface area contributed by atoms with Gasteiger partial charge in [-0.3, -0.25) is 5.32 Å². The highest BCUT2D eigenvalue weighted by molar-refractivity contribution is 6.12. The number of nitrogens with one attached hydrogen (secondary N) is 2. The number of nitrogens with zero attached hydrogens (tertiary/aromatic N) is 2. The number of hydrogen-bond donors (Lipinski definition) is 2. The lowest BCUT2D eigenvalue weighted by Gasteiger charge is -2.36. The molecule has 4 heteroatoms. The summed E-state index contributed by atoms with van der Waals surface area (Å²) in [6.07, 6.45) is -0.186. The van der Waals surface area contributed by atoms with Crippen molar-refractivity contribution in [2.24, 2.45) is 0 Å². The maximum absolute atomic E-state index is 4.04. The SMILES string of the molecule is c1ccc(-n2c3ccccc3c3cc(-c4ccc5c(c4)c4ccccc4n5C4Nc5ccccc5C(c5ccc(-c6ccc7ccccc7c6)cc5)N4)ccc32)cc1. The van der Waals surface area contributed by atoms with Crippen molar-refractivity contribution in [1.82, 2.24) is 14.5 Å². The number of aromatic nitrogens is 2. The molecule has 0 aliphatic carbocycles. The molecule has 12 rings (SSSR count). The second kappa shape index (κ2) is 13.1. The van der Waals surface area contributed by atoms with Crippen LogP contribution < -0.4 is 10.6 Å². The molecule has 0 bridgehead atoms. The number of anilines is 1. The Hall–Kier alpha value is -7.40. The third kappa shape index (κ3) is 5.19. The lowest BCUT2D eigenvalue weighted by Crippen LogP contribution is -2.40. The molecule has 2 unspecified atom stereocenters. The second-order valence-corrected chi connectivity index (χ2v) is 15.5. The maximum atomic E-state index is 4.04. The molecule has 2 N–H and O–H groups in total. The quantitative estimate of drug-likeness (QED) is 0.184. The van der Waals surface area contributed by atoms with E-state index in [0.29, 0.717) is 0 Å². The molecule has 2 atom stereocenters. The predicted molar refractivity (Wildman–Crippen MR) is 243 cm³/mol. The van der Waals surface area contributed by atoms with Crippen LogP contribution in [0, 0.1) is 0 Å². The van der Waals surface area contributed by atoms with Gasteiger partial charge in [-0.05, 0) is 105 Å². The van der Waals surface area contributed by atoms with Crippen LogP contribution in [0.25, 0.3) is 82.3 Å².